The molecule has 0 bridgehead atoms. The smallest absolute Gasteiger partial charge is 0.226 e. The standard InChI is InChI=1S/C18H23N3O/c1-2-3-7-15-12-17(21-20-15)19-18(22)11-14-10-9-13-6-4-5-8-16(13)14/h4-6,8,12,14H,2-3,7,9-11H2,1H3,(H2,19,20,21,22). The molecule has 116 valence electrons. The minimum atomic E-state index is 0.0512. The molecular weight excluding hydrogens is 274 g/mol. The molecule has 2 aromatic rings. The second-order valence-electron chi connectivity index (χ2n) is 6.07. The molecule has 0 saturated carbocycles. The van der Waals surface area contributed by atoms with Crippen LogP contribution < -0.4 is 5.32 Å². The van der Waals surface area contributed by atoms with Gasteiger partial charge in [-0.2, -0.15) is 5.10 Å². The second kappa shape index (κ2) is 6.77. The van der Waals surface area contributed by atoms with Crippen LogP contribution in [0.15, 0.2) is 30.3 Å². The van der Waals surface area contributed by atoms with E-state index in [9.17, 15) is 4.79 Å². The highest BCUT2D eigenvalue weighted by atomic mass is 16.1. The van der Waals surface area contributed by atoms with Crippen LogP contribution in [0.4, 0.5) is 5.82 Å². The number of nitrogens with one attached hydrogen (secondary N) is 2. The topological polar surface area (TPSA) is 57.8 Å². The van der Waals surface area contributed by atoms with Gasteiger partial charge in [-0.15, -0.1) is 0 Å². The van der Waals surface area contributed by atoms with E-state index in [1.165, 1.54) is 11.1 Å². The summed E-state index contributed by atoms with van der Waals surface area (Å²) in [5.41, 5.74) is 3.81. The monoisotopic (exact) mass is 297 g/mol. The van der Waals surface area contributed by atoms with E-state index in [2.05, 4.69) is 46.7 Å². The average molecular weight is 297 g/mol. The van der Waals surface area contributed by atoms with Crippen LogP contribution in [-0.2, 0) is 17.6 Å². The van der Waals surface area contributed by atoms with Gasteiger partial charge in [-0.3, -0.25) is 9.89 Å². The van der Waals surface area contributed by atoms with Crippen LogP contribution in [-0.4, -0.2) is 16.1 Å². The van der Waals surface area contributed by atoms with Crippen molar-refractivity contribution >= 4 is 11.7 Å². The lowest BCUT2D eigenvalue weighted by Crippen LogP contribution is -2.14. The van der Waals surface area contributed by atoms with E-state index in [4.69, 9.17) is 0 Å². The number of H-pyrrole nitrogens is 1. The third kappa shape index (κ3) is 3.38. The number of benzene rings is 1. The van der Waals surface area contributed by atoms with Gasteiger partial charge < -0.3 is 5.32 Å². The first-order valence-corrected chi connectivity index (χ1v) is 8.18. The SMILES string of the molecule is CCCCc1cc(NC(=O)CC2CCc3ccccc32)n[nH]1. The fraction of sp³-hybridized carbons (Fsp3) is 0.444. The van der Waals surface area contributed by atoms with Gasteiger partial charge >= 0.3 is 0 Å². The minimum Gasteiger partial charge on any atom is -0.309 e. The number of unbranched alkanes of at least 4 members (excludes halogenated alkanes) is 1. The Morgan fingerprint density at radius 2 is 2.27 bits per heavy atom. The molecule has 1 amide bonds. The van der Waals surface area contributed by atoms with Crippen LogP contribution in [0.1, 0.15) is 55.3 Å². The van der Waals surface area contributed by atoms with Crippen molar-refractivity contribution in [3.05, 3.63) is 47.2 Å². The van der Waals surface area contributed by atoms with Crippen molar-refractivity contribution in [2.75, 3.05) is 5.32 Å². The number of carbonyl (C=O) groups is 1. The third-order valence-corrected chi connectivity index (χ3v) is 4.39. The summed E-state index contributed by atoms with van der Waals surface area (Å²) < 4.78 is 0. The van der Waals surface area contributed by atoms with Crippen LogP contribution in [0, 0.1) is 0 Å². The number of aromatic nitrogens is 2. The molecule has 1 unspecified atom stereocenters. The predicted octanol–water partition coefficient (Wildman–Crippen LogP) is 3.81. The molecule has 1 heterocycles. The molecule has 22 heavy (non-hydrogen) atoms. The van der Waals surface area contributed by atoms with E-state index < -0.39 is 0 Å². The largest absolute Gasteiger partial charge is 0.309 e. The highest BCUT2D eigenvalue weighted by molar-refractivity contribution is 5.90. The summed E-state index contributed by atoms with van der Waals surface area (Å²) >= 11 is 0. The number of amides is 1. The molecule has 1 aromatic heterocycles. The minimum absolute atomic E-state index is 0.0512. The van der Waals surface area contributed by atoms with Crippen LogP contribution >= 0.6 is 0 Å². The molecule has 2 N–H and O–H groups in total. The fourth-order valence-corrected chi connectivity index (χ4v) is 3.20. The summed E-state index contributed by atoms with van der Waals surface area (Å²) in [6, 6.07) is 10.4. The number of aromatic amines is 1. The Morgan fingerprint density at radius 3 is 3.14 bits per heavy atom. The summed E-state index contributed by atoms with van der Waals surface area (Å²) in [6.07, 6.45) is 5.95. The van der Waals surface area contributed by atoms with Gasteiger partial charge in [-0.25, -0.2) is 0 Å². The molecular formula is C18H23N3O. The summed E-state index contributed by atoms with van der Waals surface area (Å²) in [7, 11) is 0. The lowest BCUT2D eigenvalue weighted by Gasteiger charge is -2.10. The maximum atomic E-state index is 12.2. The quantitative estimate of drug-likeness (QED) is 0.851. The van der Waals surface area contributed by atoms with E-state index in [-0.39, 0.29) is 5.91 Å². The van der Waals surface area contributed by atoms with Crippen molar-refractivity contribution in [3.8, 4) is 0 Å². The zero-order valence-corrected chi connectivity index (χ0v) is 13.1. The van der Waals surface area contributed by atoms with E-state index >= 15 is 0 Å². The Bertz CT molecular complexity index is 647. The van der Waals surface area contributed by atoms with Crippen LogP contribution in [0.2, 0.25) is 0 Å². The maximum absolute atomic E-state index is 12.2. The molecule has 0 fully saturated rings. The van der Waals surface area contributed by atoms with Gasteiger partial charge in [0.25, 0.3) is 0 Å². The molecule has 1 aliphatic rings. The van der Waals surface area contributed by atoms with Crippen molar-refractivity contribution < 1.29 is 4.79 Å². The molecule has 4 nitrogen and oxygen atoms in total. The summed E-state index contributed by atoms with van der Waals surface area (Å²) in [5.74, 6) is 1.03. The van der Waals surface area contributed by atoms with Crippen LogP contribution in [0.25, 0.3) is 0 Å². The van der Waals surface area contributed by atoms with Gasteiger partial charge in [-0.1, -0.05) is 37.6 Å². The summed E-state index contributed by atoms with van der Waals surface area (Å²) in [6.45, 7) is 2.17. The predicted molar refractivity (Wildman–Crippen MR) is 88.0 cm³/mol. The summed E-state index contributed by atoms with van der Waals surface area (Å²) in [5, 5.41) is 10.1. The van der Waals surface area contributed by atoms with E-state index in [0.717, 1.165) is 37.8 Å². The molecule has 0 aliphatic heterocycles. The lowest BCUT2D eigenvalue weighted by atomic mass is 9.97. The highest BCUT2D eigenvalue weighted by Gasteiger charge is 2.24. The lowest BCUT2D eigenvalue weighted by molar-refractivity contribution is -0.116. The van der Waals surface area contributed by atoms with Gasteiger partial charge in [0.1, 0.15) is 0 Å². The van der Waals surface area contributed by atoms with Gasteiger partial charge in [0.15, 0.2) is 5.82 Å². The number of hydrogen-bond acceptors (Lipinski definition) is 2. The first-order valence-electron chi connectivity index (χ1n) is 8.18. The fourth-order valence-electron chi connectivity index (χ4n) is 3.20. The van der Waals surface area contributed by atoms with Gasteiger partial charge in [0.2, 0.25) is 5.91 Å². The van der Waals surface area contributed by atoms with Crippen LogP contribution in [0.3, 0.4) is 0 Å². The van der Waals surface area contributed by atoms with Gasteiger partial charge in [-0.05, 0) is 42.7 Å². The van der Waals surface area contributed by atoms with Crippen LogP contribution in [0.5, 0.6) is 0 Å². The van der Waals surface area contributed by atoms with Crippen molar-refractivity contribution in [2.24, 2.45) is 0 Å². The molecule has 4 heteroatoms. The van der Waals surface area contributed by atoms with Gasteiger partial charge in [0.05, 0.1) is 0 Å². The Morgan fingerprint density at radius 1 is 1.41 bits per heavy atom. The molecule has 1 aromatic carbocycles. The number of nitrogens with zero attached hydrogens (tertiary/aromatic N) is 1. The van der Waals surface area contributed by atoms with Gasteiger partial charge in [0, 0.05) is 18.2 Å². The Labute approximate surface area is 131 Å². The molecule has 0 spiro atoms. The van der Waals surface area contributed by atoms with Crippen molar-refractivity contribution in [1.82, 2.24) is 10.2 Å². The first kappa shape index (κ1) is 14.8. The normalized spacial score (nSPS) is 16.5. The van der Waals surface area contributed by atoms with Crippen molar-refractivity contribution in [3.63, 3.8) is 0 Å². The molecule has 1 atom stereocenters. The first-order chi connectivity index (χ1) is 10.8. The highest BCUT2D eigenvalue weighted by Crippen LogP contribution is 2.35. The number of aryl methyl sites for hydroxylation is 2. The number of hydrogen-bond donors (Lipinski definition) is 2. The van der Waals surface area contributed by atoms with E-state index in [1.807, 2.05) is 6.07 Å². The van der Waals surface area contributed by atoms with E-state index in [0.29, 0.717) is 18.2 Å². The number of carbonyl (C=O) groups excluding carboxylic acids is 1. The third-order valence-electron chi connectivity index (χ3n) is 4.39. The van der Waals surface area contributed by atoms with Crippen molar-refractivity contribution in [1.29, 1.82) is 0 Å². The zero-order chi connectivity index (χ0) is 15.4. The number of rotatable bonds is 6. The molecule has 3 rings (SSSR count). The Hall–Kier alpha value is -2.10. The molecule has 0 radical (unpaired) electrons. The Balaban J connectivity index is 1.56. The average Bonchev–Trinajstić information content (AvgIpc) is 3.13. The Kier molecular flexibility index (Phi) is 4.56. The molecule has 0 saturated heterocycles. The van der Waals surface area contributed by atoms with E-state index in [1.54, 1.807) is 0 Å². The molecule has 1 aliphatic carbocycles. The second-order valence-corrected chi connectivity index (χ2v) is 6.07. The maximum Gasteiger partial charge on any atom is 0.226 e. The number of anilines is 1. The van der Waals surface area contributed by atoms with Crippen molar-refractivity contribution in [2.45, 2.75) is 51.4 Å². The zero-order valence-electron chi connectivity index (χ0n) is 13.1. The number of fused-ring (bicyclic) bond motifs is 1. The summed E-state index contributed by atoms with van der Waals surface area (Å²) in [4.78, 5) is 12.2.